The molecule has 6 heteroatoms. The Bertz CT molecular complexity index is 659. The van der Waals surface area contributed by atoms with Gasteiger partial charge < -0.3 is 5.32 Å². The number of hydrogen-bond donors (Lipinski definition) is 1. The average Bonchev–Trinajstić information content (AvgIpc) is 3.08. The number of rotatable bonds is 4. The quantitative estimate of drug-likeness (QED) is 0.792. The predicted octanol–water partition coefficient (Wildman–Crippen LogP) is 2.64. The molecule has 0 saturated carbocycles. The first-order valence-corrected chi connectivity index (χ1v) is 6.80. The largest absolute Gasteiger partial charge is 0.377 e. The van der Waals surface area contributed by atoms with Gasteiger partial charge in [-0.05, 0) is 19.1 Å². The minimum atomic E-state index is 0.713. The van der Waals surface area contributed by atoms with Crippen LogP contribution in [0.4, 0.5) is 5.69 Å². The maximum Gasteiger partial charge on any atom is 0.138 e. The lowest BCUT2D eigenvalue weighted by Crippen LogP contribution is -2.04. The van der Waals surface area contributed by atoms with Crippen LogP contribution in [0.1, 0.15) is 10.7 Å². The first-order valence-electron chi connectivity index (χ1n) is 5.92. The zero-order valence-electron chi connectivity index (χ0n) is 10.4. The molecule has 19 heavy (non-hydrogen) atoms. The lowest BCUT2D eigenvalue weighted by molar-refractivity contribution is 0.877. The Kier molecular flexibility index (Phi) is 3.24. The van der Waals surface area contributed by atoms with E-state index in [0.717, 1.165) is 22.1 Å². The topological polar surface area (TPSA) is 55.6 Å². The summed E-state index contributed by atoms with van der Waals surface area (Å²) in [5, 5.41) is 10.7. The second kappa shape index (κ2) is 5.19. The molecule has 96 valence electrons. The molecule has 1 N–H and O–H groups in total. The molecule has 0 aliphatic rings. The van der Waals surface area contributed by atoms with Crippen molar-refractivity contribution in [2.45, 2.75) is 13.5 Å². The molecule has 0 aliphatic carbocycles. The van der Waals surface area contributed by atoms with Gasteiger partial charge in [-0.2, -0.15) is 5.10 Å². The summed E-state index contributed by atoms with van der Waals surface area (Å²) in [6.07, 6.45) is 3.22. The molecular weight excluding hydrogens is 258 g/mol. The van der Waals surface area contributed by atoms with Crippen molar-refractivity contribution in [3.8, 4) is 5.69 Å². The van der Waals surface area contributed by atoms with Gasteiger partial charge in [0.2, 0.25) is 0 Å². The third-order valence-corrected chi connectivity index (χ3v) is 3.63. The van der Waals surface area contributed by atoms with Crippen LogP contribution in [0.3, 0.4) is 0 Å². The molecule has 0 aliphatic heterocycles. The first kappa shape index (κ1) is 11.9. The predicted molar refractivity (Wildman–Crippen MR) is 75.5 cm³/mol. The summed E-state index contributed by atoms with van der Waals surface area (Å²) >= 11 is 1.66. The highest BCUT2D eigenvalue weighted by Gasteiger charge is 2.05. The maximum atomic E-state index is 4.44. The van der Waals surface area contributed by atoms with E-state index in [1.807, 2.05) is 31.2 Å². The van der Waals surface area contributed by atoms with E-state index in [0.29, 0.717) is 6.54 Å². The highest BCUT2D eigenvalue weighted by molar-refractivity contribution is 7.09. The van der Waals surface area contributed by atoms with Crippen LogP contribution in [0, 0.1) is 6.92 Å². The van der Waals surface area contributed by atoms with Gasteiger partial charge in [0.25, 0.3) is 0 Å². The summed E-state index contributed by atoms with van der Waals surface area (Å²) in [6.45, 7) is 2.72. The number of thiazole rings is 1. The van der Waals surface area contributed by atoms with Crippen molar-refractivity contribution in [2.75, 3.05) is 5.32 Å². The Balaban J connectivity index is 1.81. The Morgan fingerprint density at radius 1 is 1.32 bits per heavy atom. The van der Waals surface area contributed by atoms with Crippen molar-refractivity contribution in [3.05, 3.63) is 53.0 Å². The van der Waals surface area contributed by atoms with E-state index in [-0.39, 0.29) is 0 Å². The molecule has 3 rings (SSSR count). The molecule has 0 fully saturated rings. The van der Waals surface area contributed by atoms with E-state index >= 15 is 0 Å². The van der Waals surface area contributed by atoms with E-state index in [2.05, 4.69) is 25.8 Å². The van der Waals surface area contributed by atoms with Gasteiger partial charge in [0, 0.05) is 11.1 Å². The fourth-order valence-electron chi connectivity index (χ4n) is 1.81. The van der Waals surface area contributed by atoms with Crippen LogP contribution in [0.15, 0.2) is 42.3 Å². The third-order valence-electron chi connectivity index (χ3n) is 2.67. The lowest BCUT2D eigenvalue weighted by atomic mass is 10.2. The molecule has 3 aromatic rings. The normalized spacial score (nSPS) is 10.6. The summed E-state index contributed by atoms with van der Waals surface area (Å²) in [5.41, 5.74) is 3.06. The Morgan fingerprint density at radius 3 is 2.95 bits per heavy atom. The van der Waals surface area contributed by atoms with Crippen LogP contribution in [-0.2, 0) is 6.54 Å². The molecule has 0 radical (unpaired) electrons. The fourth-order valence-corrected chi connectivity index (χ4v) is 2.52. The molecule has 2 aromatic heterocycles. The Morgan fingerprint density at radius 2 is 2.21 bits per heavy atom. The van der Waals surface area contributed by atoms with E-state index in [9.17, 15) is 0 Å². The van der Waals surface area contributed by atoms with Crippen LogP contribution in [0.5, 0.6) is 0 Å². The molecule has 0 unspecified atom stereocenters. The number of anilines is 1. The van der Waals surface area contributed by atoms with Crippen molar-refractivity contribution in [1.29, 1.82) is 0 Å². The molecule has 0 atom stereocenters. The SMILES string of the molecule is Cc1csc(CNc2ccccc2-n2cncn2)n1. The summed E-state index contributed by atoms with van der Waals surface area (Å²) in [6, 6.07) is 8.01. The second-order valence-electron chi connectivity index (χ2n) is 4.09. The zero-order chi connectivity index (χ0) is 13.1. The van der Waals surface area contributed by atoms with Crippen molar-refractivity contribution in [1.82, 2.24) is 19.7 Å². The molecule has 1 aromatic carbocycles. The molecular formula is C13H13N5S. The number of hydrogen-bond acceptors (Lipinski definition) is 5. The molecule has 0 spiro atoms. The van der Waals surface area contributed by atoms with Gasteiger partial charge in [-0.3, -0.25) is 0 Å². The van der Waals surface area contributed by atoms with Crippen LogP contribution in [0.25, 0.3) is 5.69 Å². The summed E-state index contributed by atoms with van der Waals surface area (Å²) in [4.78, 5) is 8.41. The monoisotopic (exact) mass is 271 g/mol. The van der Waals surface area contributed by atoms with Crippen LogP contribution >= 0.6 is 11.3 Å². The van der Waals surface area contributed by atoms with E-state index < -0.39 is 0 Å². The van der Waals surface area contributed by atoms with Gasteiger partial charge >= 0.3 is 0 Å². The summed E-state index contributed by atoms with van der Waals surface area (Å²) in [5.74, 6) is 0. The molecule has 5 nitrogen and oxygen atoms in total. The van der Waals surface area contributed by atoms with E-state index in [4.69, 9.17) is 0 Å². The number of nitrogens with one attached hydrogen (secondary N) is 1. The first-order chi connectivity index (χ1) is 9.33. The van der Waals surface area contributed by atoms with Crippen LogP contribution in [0.2, 0.25) is 0 Å². The molecule has 0 saturated heterocycles. The van der Waals surface area contributed by atoms with Gasteiger partial charge in [0.05, 0.1) is 17.9 Å². The molecule has 0 amide bonds. The zero-order valence-corrected chi connectivity index (χ0v) is 11.3. The van der Waals surface area contributed by atoms with Gasteiger partial charge in [-0.25, -0.2) is 14.6 Å². The number of aryl methyl sites for hydroxylation is 1. The number of benzene rings is 1. The smallest absolute Gasteiger partial charge is 0.138 e. The van der Waals surface area contributed by atoms with Gasteiger partial charge in [-0.15, -0.1) is 11.3 Å². The lowest BCUT2D eigenvalue weighted by Gasteiger charge is -2.10. The van der Waals surface area contributed by atoms with Crippen LogP contribution < -0.4 is 5.32 Å². The second-order valence-corrected chi connectivity index (χ2v) is 5.04. The van der Waals surface area contributed by atoms with Gasteiger partial charge in [0.15, 0.2) is 0 Å². The number of para-hydroxylation sites is 2. The van der Waals surface area contributed by atoms with E-state index in [1.54, 1.807) is 22.3 Å². The summed E-state index contributed by atoms with van der Waals surface area (Å²) < 4.78 is 1.75. The summed E-state index contributed by atoms with van der Waals surface area (Å²) in [7, 11) is 0. The Hall–Kier alpha value is -2.21. The average molecular weight is 271 g/mol. The highest BCUT2D eigenvalue weighted by Crippen LogP contribution is 2.20. The minimum absolute atomic E-state index is 0.713. The van der Waals surface area contributed by atoms with E-state index in [1.165, 1.54) is 6.33 Å². The van der Waals surface area contributed by atoms with Crippen molar-refractivity contribution in [3.63, 3.8) is 0 Å². The maximum absolute atomic E-state index is 4.44. The fraction of sp³-hybridized carbons (Fsp3) is 0.154. The standard InChI is InChI=1S/C13H13N5S/c1-10-7-19-13(17-10)6-15-11-4-2-3-5-12(11)18-9-14-8-16-18/h2-5,7-9,15H,6H2,1H3. The third kappa shape index (κ3) is 2.63. The Labute approximate surface area is 115 Å². The minimum Gasteiger partial charge on any atom is -0.377 e. The molecule has 2 heterocycles. The number of nitrogens with zero attached hydrogens (tertiary/aromatic N) is 4. The number of aromatic nitrogens is 4. The highest BCUT2D eigenvalue weighted by atomic mass is 32.1. The van der Waals surface area contributed by atoms with Crippen molar-refractivity contribution < 1.29 is 0 Å². The van der Waals surface area contributed by atoms with Crippen LogP contribution in [-0.4, -0.2) is 19.7 Å². The van der Waals surface area contributed by atoms with Crippen molar-refractivity contribution in [2.24, 2.45) is 0 Å². The van der Waals surface area contributed by atoms with Crippen molar-refractivity contribution >= 4 is 17.0 Å². The molecule has 0 bridgehead atoms. The van der Waals surface area contributed by atoms with Gasteiger partial charge in [0.1, 0.15) is 17.7 Å². The van der Waals surface area contributed by atoms with Gasteiger partial charge in [-0.1, -0.05) is 12.1 Å².